The summed E-state index contributed by atoms with van der Waals surface area (Å²) in [6.45, 7) is 8.11. The van der Waals surface area contributed by atoms with Crippen LogP contribution in [0.1, 0.15) is 37.8 Å². The molecule has 4 aromatic rings. The Morgan fingerprint density at radius 1 is 0.969 bits per heavy atom. The van der Waals surface area contributed by atoms with Crippen LogP contribution in [-0.4, -0.2) is 38.2 Å². The minimum absolute atomic E-state index is 0.0410. The molecule has 4 rings (SSSR count). The van der Waals surface area contributed by atoms with E-state index in [4.69, 9.17) is 0 Å². The lowest BCUT2D eigenvalue weighted by Gasteiger charge is -2.21. The van der Waals surface area contributed by atoms with Gasteiger partial charge in [0, 0.05) is 35.9 Å². The zero-order valence-electron chi connectivity index (χ0n) is 19.0. The summed E-state index contributed by atoms with van der Waals surface area (Å²) in [5, 5.41) is 6.20. The van der Waals surface area contributed by atoms with E-state index in [1.54, 1.807) is 6.20 Å². The van der Waals surface area contributed by atoms with Crippen LogP contribution in [0.4, 0.5) is 0 Å². The molecule has 0 bridgehead atoms. The van der Waals surface area contributed by atoms with Crippen LogP contribution >= 0.6 is 0 Å². The lowest BCUT2D eigenvalue weighted by molar-refractivity contribution is -0.132. The van der Waals surface area contributed by atoms with E-state index < -0.39 is 0 Å². The van der Waals surface area contributed by atoms with E-state index in [2.05, 4.69) is 42.6 Å². The molecule has 6 heteroatoms. The van der Waals surface area contributed by atoms with Crippen molar-refractivity contribution in [1.82, 2.24) is 19.2 Å². The maximum atomic E-state index is 13.6. The Balaban J connectivity index is 1.83. The molecule has 0 aliphatic carbocycles. The average molecular weight is 431 g/mol. The Hall–Kier alpha value is -3.41. The minimum atomic E-state index is -0.228. The highest BCUT2D eigenvalue weighted by Crippen LogP contribution is 2.27. The van der Waals surface area contributed by atoms with Gasteiger partial charge in [0.05, 0.1) is 6.20 Å². The Bertz CT molecular complexity index is 1310. The van der Waals surface area contributed by atoms with Crippen LogP contribution in [0.3, 0.4) is 0 Å². The number of nitrogens with zero attached hydrogens (tertiary/aromatic N) is 4. The van der Waals surface area contributed by atoms with Crippen molar-refractivity contribution in [2.24, 2.45) is 0 Å². The van der Waals surface area contributed by atoms with Gasteiger partial charge in [-0.05, 0) is 37.0 Å². The highest BCUT2D eigenvalue weighted by Gasteiger charge is 2.19. The molecule has 166 valence electrons. The topological polar surface area (TPSA) is 60.1 Å². The fraction of sp³-hybridized carbons (Fsp3) is 0.346. The van der Waals surface area contributed by atoms with Gasteiger partial charge in [-0.2, -0.15) is 5.10 Å². The molecule has 0 N–H and O–H groups in total. The zero-order valence-corrected chi connectivity index (χ0v) is 19.0. The Labute approximate surface area is 188 Å². The number of hydrogen-bond acceptors (Lipinski definition) is 3. The van der Waals surface area contributed by atoms with Crippen LogP contribution < -0.4 is 5.56 Å². The SMILES string of the molecule is CCCN(CCC)C(=O)Cn1ncc2c3ccccc3n(Cc3ccccc3C)c2c1=O. The van der Waals surface area contributed by atoms with Crippen LogP contribution in [0.2, 0.25) is 0 Å². The minimum Gasteiger partial charge on any atom is -0.341 e. The quantitative estimate of drug-likeness (QED) is 0.417. The third-order valence-corrected chi connectivity index (χ3v) is 5.99. The number of fused-ring (bicyclic) bond motifs is 3. The number of amides is 1. The van der Waals surface area contributed by atoms with Gasteiger partial charge in [0.2, 0.25) is 5.91 Å². The summed E-state index contributed by atoms with van der Waals surface area (Å²) >= 11 is 0. The molecule has 0 atom stereocenters. The molecular formula is C26H30N4O2. The maximum absolute atomic E-state index is 13.6. The third kappa shape index (κ3) is 4.05. The largest absolute Gasteiger partial charge is 0.341 e. The molecule has 1 amide bonds. The van der Waals surface area contributed by atoms with Crippen LogP contribution in [0.25, 0.3) is 21.8 Å². The summed E-state index contributed by atoms with van der Waals surface area (Å²) in [6, 6.07) is 16.2. The van der Waals surface area contributed by atoms with E-state index in [0.29, 0.717) is 25.2 Å². The second-order valence-electron chi connectivity index (χ2n) is 8.28. The summed E-state index contributed by atoms with van der Waals surface area (Å²) in [6.07, 6.45) is 3.50. The second kappa shape index (κ2) is 9.39. The van der Waals surface area contributed by atoms with E-state index in [1.165, 1.54) is 10.2 Å². The molecule has 0 aliphatic heterocycles. The van der Waals surface area contributed by atoms with E-state index in [0.717, 1.165) is 34.7 Å². The van der Waals surface area contributed by atoms with E-state index in [-0.39, 0.29) is 18.0 Å². The van der Waals surface area contributed by atoms with Crippen molar-refractivity contribution in [3.63, 3.8) is 0 Å². The molecule has 0 aliphatic rings. The van der Waals surface area contributed by atoms with Gasteiger partial charge in [-0.15, -0.1) is 0 Å². The Morgan fingerprint density at radius 2 is 1.66 bits per heavy atom. The fourth-order valence-electron chi connectivity index (χ4n) is 4.36. The molecule has 2 aromatic heterocycles. The normalized spacial score (nSPS) is 11.3. The number of carbonyl (C=O) groups excluding carboxylic acids is 1. The fourth-order valence-corrected chi connectivity index (χ4v) is 4.36. The lowest BCUT2D eigenvalue weighted by Crippen LogP contribution is -2.38. The van der Waals surface area contributed by atoms with Gasteiger partial charge < -0.3 is 9.47 Å². The second-order valence-corrected chi connectivity index (χ2v) is 8.28. The first-order valence-electron chi connectivity index (χ1n) is 11.3. The van der Waals surface area contributed by atoms with Gasteiger partial charge >= 0.3 is 0 Å². The average Bonchev–Trinajstić information content (AvgIpc) is 3.11. The maximum Gasteiger partial charge on any atom is 0.291 e. The van der Waals surface area contributed by atoms with Crippen molar-refractivity contribution in [1.29, 1.82) is 0 Å². The predicted molar refractivity (Wildman–Crippen MR) is 129 cm³/mol. The molecule has 32 heavy (non-hydrogen) atoms. The van der Waals surface area contributed by atoms with E-state index in [1.807, 2.05) is 41.3 Å². The number of benzene rings is 2. The Kier molecular flexibility index (Phi) is 6.40. The van der Waals surface area contributed by atoms with Crippen molar-refractivity contribution >= 4 is 27.7 Å². The number of aromatic nitrogens is 3. The molecule has 0 saturated heterocycles. The van der Waals surface area contributed by atoms with Gasteiger partial charge in [0.25, 0.3) is 5.56 Å². The first-order valence-corrected chi connectivity index (χ1v) is 11.3. The summed E-state index contributed by atoms with van der Waals surface area (Å²) in [4.78, 5) is 28.3. The molecular weight excluding hydrogens is 400 g/mol. The molecule has 6 nitrogen and oxygen atoms in total. The molecule has 0 fully saturated rings. The smallest absolute Gasteiger partial charge is 0.291 e. The molecule has 0 saturated carbocycles. The van der Waals surface area contributed by atoms with E-state index >= 15 is 0 Å². The van der Waals surface area contributed by atoms with Crippen LogP contribution in [0.5, 0.6) is 0 Å². The number of hydrogen-bond donors (Lipinski definition) is 0. The van der Waals surface area contributed by atoms with Gasteiger partial charge in [-0.25, -0.2) is 4.68 Å². The third-order valence-electron chi connectivity index (χ3n) is 5.99. The summed E-state index contributed by atoms with van der Waals surface area (Å²) < 4.78 is 3.38. The van der Waals surface area contributed by atoms with Crippen molar-refractivity contribution in [3.8, 4) is 0 Å². The van der Waals surface area contributed by atoms with Crippen molar-refractivity contribution < 1.29 is 4.79 Å². The van der Waals surface area contributed by atoms with Crippen LogP contribution in [0.15, 0.2) is 59.5 Å². The lowest BCUT2D eigenvalue weighted by atomic mass is 10.1. The number of aryl methyl sites for hydroxylation is 1. The van der Waals surface area contributed by atoms with Gasteiger partial charge in [0.15, 0.2) is 0 Å². The highest BCUT2D eigenvalue weighted by atomic mass is 16.2. The number of para-hydroxylation sites is 1. The summed E-state index contributed by atoms with van der Waals surface area (Å²) in [7, 11) is 0. The highest BCUT2D eigenvalue weighted by molar-refractivity contribution is 6.07. The van der Waals surface area contributed by atoms with Gasteiger partial charge in [-0.1, -0.05) is 56.3 Å². The van der Waals surface area contributed by atoms with Gasteiger partial charge in [0.1, 0.15) is 12.1 Å². The number of carbonyl (C=O) groups is 1. The van der Waals surface area contributed by atoms with Crippen molar-refractivity contribution in [3.05, 3.63) is 76.2 Å². The monoisotopic (exact) mass is 430 g/mol. The number of rotatable bonds is 8. The molecule has 0 spiro atoms. The zero-order chi connectivity index (χ0) is 22.7. The first kappa shape index (κ1) is 21.8. The standard InChI is InChI=1S/C26H30N4O2/c1-4-14-28(15-5-2)24(31)18-30-26(32)25-22(16-27-30)21-12-8-9-13-23(21)29(25)17-20-11-7-6-10-19(20)3/h6-13,16H,4-5,14-15,17-18H2,1-3H3. The molecule has 2 heterocycles. The Morgan fingerprint density at radius 3 is 2.38 bits per heavy atom. The summed E-state index contributed by atoms with van der Waals surface area (Å²) in [5.74, 6) is -0.0655. The van der Waals surface area contributed by atoms with Crippen molar-refractivity contribution in [2.75, 3.05) is 13.1 Å². The van der Waals surface area contributed by atoms with E-state index in [9.17, 15) is 9.59 Å². The molecule has 2 aromatic carbocycles. The molecule has 0 radical (unpaired) electrons. The van der Waals surface area contributed by atoms with Gasteiger partial charge in [-0.3, -0.25) is 9.59 Å². The van der Waals surface area contributed by atoms with Crippen LogP contribution in [-0.2, 0) is 17.9 Å². The van der Waals surface area contributed by atoms with Crippen molar-refractivity contribution in [2.45, 2.75) is 46.7 Å². The predicted octanol–water partition coefficient (Wildman–Crippen LogP) is 4.36. The van der Waals surface area contributed by atoms with Crippen LogP contribution in [0, 0.1) is 6.92 Å². The first-order chi connectivity index (χ1) is 15.5. The summed E-state index contributed by atoms with van der Waals surface area (Å²) in [5.41, 5.74) is 3.69. The molecule has 0 unspecified atom stereocenters.